The van der Waals surface area contributed by atoms with Crippen LogP contribution in [0.15, 0.2) is 0 Å². The van der Waals surface area contributed by atoms with Crippen LogP contribution in [0.3, 0.4) is 0 Å². The zero-order valence-electron chi connectivity index (χ0n) is 12.4. The lowest BCUT2D eigenvalue weighted by Crippen LogP contribution is -2.34. The number of anilines is 3. The van der Waals surface area contributed by atoms with Crippen LogP contribution in [-0.4, -0.2) is 41.6 Å². The summed E-state index contributed by atoms with van der Waals surface area (Å²) in [5, 5.41) is 6.42. The number of aromatic nitrogens is 3. The first-order valence-electron chi connectivity index (χ1n) is 7.61. The summed E-state index contributed by atoms with van der Waals surface area (Å²) in [4.78, 5) is 15.7. The van der Waals surface area contributed by atoms with E-state index in [-0.39, 0.29) is 0 Å². The minimum atomic E-state index is 0.417. The van der Waals surface area contributed by atoms with Crippen molar-refractivity contribution in [1.29, 1.82) is 0 Å². The fourth-order valence-corrected chi connectivity index (χ4v) is 2.86. The Bertz CT molecular complexity index is 465. The summed E-state index contributed by atoms with van der Waals surface area (Å²) in [6.45, 7) is 5.36. The van der Waals surface area contributed by atoms with Crippen LogP contribution in [0.5, 0.6) is 0 Å². The lowest BCUT2D eigenvalue weighted by molar-refractivity contribution is 0.179. The molecule has 3 rings (SSSR count). The van der Waals surface area contributed by atoms with E-state index in [0.29, 0.717) is 17.3 Å². The van der Waals surface area contributed by atoms with Gasteiger partial charge in [-0.1, -0.05) is 13.3 Å². The fourth-order valence-electron chi connectivity index (χ4n) is 2.86. The summed E-state index contributed by atoms with van der Waals surface area (Å²) >= 11 is 0. The van der Waals surface area contributed by atoms with Crippen LogP contribution in [0.2, 0.25) is 0 Å². The summed E-state index contributed by atoms with van der Waals surface area (Å²) in [5.41, 5.74) is 0.417. The average molecular weight is 276 g/mol. The van der Waals surface area contributed by atoms with Gasteiger partial charge in [0.2, 0.25) is 17.8 Å². The molecule has 1 saturated carbocycles. The van der Waals surface area contributed by atoms with Crippen molar-refractivity contribution in [2.75, 3.05) is 42.2 Å². The second-order valence-corrected chi connectivity index (χ2v) is 6.24. The molecule has 110 valence electrons. The molecule has 1 aromatic rings. The van der Waals surface area contributed by atoms with Crippen molar-refractivity contribution in [1.82, 2.24) is 15.0 Å². The zero-order chi connectivity index (χ0) is 14.0. The van der Waals surface area contributed by atoms with Crippen molar-refractivity contribution < 1.29 is 0 Å². The summed E-state index contributed by atoms with van der Waals surface area (Å²) in [6, 6.07) is 0. The molecule has 0 aromatic carbocycles. The molecular weight excluding hydrogens is 252 g/mol. The molecule has 1 aliphatic carbocycles. The maximum Gasteiger partial charge on any atom is 0.231 e. The summed E-state index contributed by atoms with van der Waals surface area (Å²) in [7, 11) is 1.85. The van der Waals surface area contributed by atoms with E-state index in [2.05, 4.69) is 37.4 Å². The highest BCUT2D eigenvalue weighted by molar-refractivity contribution is 5.44. The first-order chi connectivity index (χ1) is 9.68. The Morgan fingerprint density at radius 1 is 1.05 bits per heavy atom. The number of hydrogen-bond acceptors (Lipinski definition) is 6. The maximum atomic E-state index is 4.58. The third-order valence-electron chi connectivity index (χ3n) is 4.47. The van der Waals surface area contributed by atoms with E-state index in [0.717, 1.165) is 25.6 Å². The van der Waals surface area contributed by atoms with Gasteiger partial charge in [-0.15, -0.1) is 0 Å². The van der Waals surface area contributed by atoms with Gasteiger partial charge in [0.25, 0.3) is 0 Å². The molecule has 2 fully saturated rings. The van der Waals surface area contributed by atoms with Gasteiger partial charge in [-0.2, -0.15) is 15.0 Å². The molecule has 1 aliphatic heterocycles. The molecule has 2 aliphatic rings. The lowest BCUT2D eigenvalue weighted by Gasteiger charge is -2.38. The van der Waals surface area contributed by atoms with E-state index in [9.17, 15) is 0 Å². The summed E-state index contributed by atoms with van der Waals surface area (Å²) in [5.74, 6) is 2.13. The SMILES string of the molecule is CNc1nc(NCC2(C)CCC2)nc(N2CCCC2)n1. The second-order valence-electron chi connectivity index (χ2n) is 6.24. The van der Waals surface area contributed by atoms with Gasteiger partial charge in [0.05, 0.1) is 0 Å². The molecule has 0 atom stereocenters. The Balaban J connectivity index is 1.73. The molecule has 0 radical (unpaired) electrons. The van der Waals surface area contributed by atoms with Crippen molar-refractivity contribution >= 4 is 17.8 Å². The van der Waals surface area contributed by atoms with Crippen molar-refractivity contribution in [3.05, 3.63) is 0 Å². The van der Waals surface area contributed by atoms with Crippen LogP contribution >= 0.6 is 0 Å². The molecule has 0 unspecified atom stereocenters. The van der Waals surface area contributed by atoms with Crippen LogP contribution in [0.25, 0.3) is 0 Å². The molecule has 2 N–H and O–H groups in total. The molecule has 2 heterocycles. The van der Waals surface area contributed by atoms with E-state index in [4.69, 9.17) is 0 Å². The van der Waals surface area contributed by atoms with Crippen molar-refractivity contribution in [2.45, 2.75) is 39.0 Å². The van der Waals surface area contributed by atoms with E-state index in [1.807, 2.05) is 7.05 Å². The van der Waals surface area contributed by atoms with E-state index >= 15 is 0 Å². The second kappa shape index (κ2) is 5.42. The zero-order valence-corrected chi connectivity index (χ0v) is 12.4. The largest absolute Gasteiger partial charge is 0.357 e. The molecule has 0 bridgehead atoms. The molecule has 6 heteroatoms. The van der Waals surface area contributed by atoms with Crippen molar-refractivity contribution in [3.8, 4) is 0 Å². The quantitative estimate of drug-likeness (QED) is 0.858. The third kappa shape index (κ3) is 2.78. The van der Waals surface area contributed by atoms with Crippen molar-refractivity contribution in [2.24, 2.45) is 5.41 Å². The molecule has 0 amide bonds. The van der Waals surface area contributed by atoms with Gasteiger partial charge >= 0.3 is 0 Å². The lowest BCUT2D eigenvalue weighted by atomic mass is 9.70. The summed E-state index contributed by atoms with van der Waals surface area (Å²) in [6.07, 6.45) is 6.38. The summed E-state index contributed by atoms with van der Waals surface area (Å²) < 4.78 is 0. The minimum Gasteiger partial charge on any atom is -0.357 e. The molecule has 20 heavy (non-hydrogen) atoms. The molecule has 0 spiro atoms. The molecule has 1 aromatic heterocycles. The van der Waals surface area contributed by atoms with Gasteiger partial charge in [0.1, 0.15) is 0 Å². The third-order valence-corrected chi connectivity index (χ3v) is 4.47. The van der Waals surface area contributed by atoms with E-state index in [1.165, 1.54) is 32.1 Å². The highest BCUT2D eigenvalue weighted by atomic mass is 15.3. The topological polar surface area (TPSA) is 66.0 Å². The van der Waals surface area contributed by atoms with Gasteiger partial charge in [-0.25, -0.2) is 0 Å². The van der Waals surface area contributed by atoms with Gasteiger partial charge in [0.15, 0.2) is 0 Å². The Morgan fingerprint density at radius 3 is 2.35 bits per heavy atom. The van der Waals surface area contributed by atoms with Crippen LogP contribution < -0.4 is 15.5 Å². The minimum absolute atomic E-state index is 0.417. The first kappa shape index (κ1) is 13.4. The number of nitrogens with zero attached hydrogens (tertiary/aromatic N) is 4. The van der Waals surface area contributed by atoms with Crippen LogP contribution in [0.1, 0.15) is 39.0 Å². The van der Waals surface area contributed by atoms with Crippen LogP contribution in [-0.2, 0) is 0 Å². The first-order valence-corrected chi connectivity index (χ1v) is 7.61. The van der Waals surface area contributed by atoms with Gasteiger partial charge < -0.3 is 15.5 Å². The maximum absolute atomic E-state index is 4.58. The monoisotopic (exact) mass is 276 g/mol. The average Bonchev–Trinajstić information content (AvgIpc) is 2.97. The highest BCUT2D eigenvalue weighted by Crippen LogP contribution is 2.40. The Morgan fingerprint density at radius 2 is 1.75 bits per heavy atom. The predicted octanol–water partition coefficient (Wildman–Crippen LogP) is 2.12. The standard InChI is InChI=1S/C14H24N6/c1-14(6-5-7-14)10-16-12-17-11(15-2)18-13(19-12)20-8-3-4-9-20/h3-10H2,1-2H3,(H2,15,16,17,18,19). The van der Waals surface area contributed by atoms with E-state index < -0.39 is 0 Å². The number of hydrogen-bond donors (Lipinski definition) is 2. The molecule has 1 saturated heterocycles. The fraction of sp³-hybridized carbons (Fsp3) is 0.786. The van der Waals surface area contributed by atoms with Crippen LogP contribution in [0, 0.1) is 5.41 Å². The number of rotatable bonds is 5. The van der Waals surface area contributed by atoms with Gasteiger partial charge in [0, 0.05) is 26.7 Å². The Labute approximate surface area is 120 Å². The normalized spacial score (nSPS) is 20.6. The predicted molar refractivity (Wildman–Crippen MR) is 81.3 cm³/mol. The van der Waals surface area contributed by atoms with Gasteiger partial charge in [-0.3, -0.25) is 0 Å². The Hall–Kier alpha value is -1.59. The van der Waals surface area contributed by atoms with Crippen LogP contribution in [0.4, 0.5) is 17.8 Å². The Kier molecular flexibility index (Phi) is 3.63. The highest BCUT2D eigenvalue weighted by Gasteiger charge is 2.31. The smallest absolute Gasteiger partial charge is 0.231 e. The van der Waals surface area contributed by atoms with Crippen molar-refractivity contribution in [3.63, 3.8) is 0 Å². The van der Waals surface area contributed by atoms with E-state index in [1.54, 1.807) is 0 Å². The molecular formula is C14H24N6. The molecule has 6 nitrogen and oxygen atoms in total. The number of nitrogens with one attached hydrogen (secondary N) is 2. The van der Waals surface area contributed by atoms with Gasteiger partial charge in [-0.05, 0) is 31.1 Å².